The normalized spacial score (nSPS) is 19.8. The molecule has 1 aliphatic rings. The van der Waals surface area contributed by atoms with Crippen LogP contribution in [-0.2, 0) is 6.42 Å². The number of fused-ring (bicyclic) bond motifs is 1. The van der Waals surface area contributed by atoms with Crippen LogP contribution in [0.5, 0.6) is 5.75 Å². The van der Waals surface area contributed by atoms with E-state index in [0.717, 1.165) is 23.3 Å². The molecule has 3 rings (SSSR count). The molecular formula is C14H15NO2. The van der Waals surface area contributed by atoms with Gasteiger partial charge in [0.15, 0.2) is 0 Å². The molecule has 2 aromatic rings. The van der Waals surface area contributed by atoms with Crippen LogP contribution in [0.2, 0.25) is 0 Å². The van der Waals surface area contributed by atoms with E-state index < -0.39 is 0 Å². The van der Waals surface area contributed by atoms with Gasteiger partial charge in [-0.1, -0.05) is 12.1 Å². The quantitative estimate of drug-likeness (QED) is 0.861. The second-order valence-corrected chi connectivity index (χ2v) is 4.53. The van der Waals surface area contributed by atoms with Crippen molar-refractivity contribution >= 4 is 0 Å². The predicted molar refractivity (Wildman–Crippen MR) is 65.0 cm³/mol. The molecule has 1 aliphatic heterocycles. The van der Waals surface area contributed by atoms with Crippen LogP contribution < -0.4 is 10.5 Å². The lowest BCUT2D eigenvalue weighted by molar-refractivity contribution is 0.254. The summed E-state index contributed by atoms with van der Waals surface area (Å²) in [6, 6.07) is 7.94. The molecule has 3 nitrogen and oxygen atoms in total. The minimum atomic E-state index is -0.130. The molecule has 1 aromatic heterocycles. The van der Waals surface area contributed by atoms with E-state index in [2.05, 4.69) is 13.0 Å². The Hall–Kier alpha value is -1.74. The lowest BCUT2D eigenvalue weighted by Crippen LogP contribution is -2.10. The summed E-state index contributed by atoms with van der Waals surface area (Å²) in [5, 5.41) is 0. The zero-order chi connectivity index (χ0) is 11.8. The van der Waals surface area contributed by atoms with Crippen LogP contribution in [0.4, 0.5) is 0 Å². The molecular weight excluding hydrogens is 214 g/mol. The zero-order valence-corrected chi connectivity index (χ0v) is 9.72. The molecule has 0 bridgehead atoms. The molecule has 0 saturated carbocycles. The third-order valence-electron chi connectivity index (χ3n) is 3.18. The third-order valence-corrected chi connectivity index (χ3v) is 3.18. The van der Waals surface area contributed by atoms with E-state index >= 15 is 0 Å². The Morgan fingerprint density at radius 1 is 1.29 bits per heavy atom. The summed E-state index contributed by atoms with van der Waals surface area (Å²) in [6.45, 7) is 2.08. The van der Waals surface area contributed by atoms with Gasteiger partial charge in [0.05, 0.1) is 18.6 Å². The minimum absolute atomic E-state index is 0.130. The molecule has 0 spiro atoms. The van der Waals surface area contributed by atoms with Gasteiger partial charge in [-0.2, -0.15) is 0 Å². The maximum atomic E-state index is 6.19. The van der Waals surface area contributed by atoms with E-state index in [4.69, 9.17) is 14.9 Å². The first-order chi connectivity index (χ1) is 8.24. The van der Waals surface area contributed by atoms with Gasteiger partial charge in [0.1, 0.15) is 11.9 Å². The highest BCUT2D eigenvalue weighted by Crippen LogP contribution is 2.32. The second kappa shape index (κ2) is 3.93. The number of rotatable bonds is 2. The Kier molecular flexibility index (Phi) is 2.41. The molecule has 2 unspecified atom stereocenters. The molecule has 0 saturated heterocycles. The van der Waals surface area contributed by atoms with Crippen molar-refractivity contribution in [3.05, 3.63) is 53.5 Å². The molecule has 2 heterocycles. The highest BCUT2D eigenvalue weighted by molar-refractivity contribution is 5.43. The zero-order valence-electron chi connectivity index (χ0n) is 9.72. The molecule has 2 atom stereocenters. The van der Waals surface area contributed by atoms with Crippen LogP contribution in [0.1, 0.15) is 29.7 Å². The largest absolute Gasteiger partial charge is 0.490 e. The van der Waals surface area contributed by atoms with Gasteiger partial charge >= 0.3 is 0 Å². The second-order valence-electron chi connectivity index (χ2n) is 4.53. The fraction of sp³-hybridized carbons (Fsp3) is 0.286. The Morgan fingerprint density at radius 2 is 2.18 bits per heavy atom. The smallest absolute Gasteiger partial charge is 0.123 e. The van der Waals surface area contributed by atoms with E-state index in [1.165, 1.54) is 5.56 Å². The van der Waals surface area contributed by atoms with E-state index in [9.17, 15) is 0 Å². The van der Waals surface area contributed by atoms with Crippen LogP contribution in [0.25, 0.3) is 0 Å². The van der Waals surface area contributed by atoms with E-state index in [1.807, 2.05) is 18.2 Å². The van der Waals surface area contributed by atoms with E-state index in [-0.39, 0.29) is 12.1 Å². The molecule has 0 amide bonds. The average Bonchev–Trinajstić information content (AvgIpc) is 2.94. The van der Waals surface area contributed by atoms with Gasteiger partial charge in [0, 0.05) is 12.0 Å². The van der Waals surface area contributed by atoms with Gasteiger partial charge in [-0.15, -0.1) is 0 Å². The fourth-order valence-electron chi connectivity index (χ4n) is 2.28. The van der Waals surface area contributed by atoms with E-state index in [0.29, 0.717) is 0 Å². The van der Waals surface area contributed by atoms with Crippen LogP contribution in [-0.4, -0.2) is 6.10 Å². The van der Waals surface area contributed by atoms with Crippen molar-refractivity contribution in [2.24, 2.45) is 5.73 Å². The summed E-state index contributed by atoms with van der Waals surface area (Å²) in [5.74, 6) is 0.987. The number of ether oxygens (including phenoxy) is 1. The number of hydrogen-bond acceptors (Lipinski definition) is 3. The Balaban J connectivity index is 1.93. The molecule has 17 heavy (non-hydrogen) atoms. The first-order valence-electron chi connectivity index (χ1n) is 5.81. The summed E-state index contributed by atoms with van der Waals surface area (Å²) in [6.07, 6.45) is 4.57. The Labute approximate surface area is 100 Å². The average molecular weight is 229 g/mol. The van der Waals surface area contributed by atoms with Gasteiger partial charge in [0.25, 0.3) is 0 Å². The summed E-state index contributed by atoms with van der Waals surface area (Å²) >= 11 is 0. The van der Waals surface area contributed by atoms with Crippen LogP contribution in [0, 0.1) is 0 Å². The van der Waals surface area contributed by atoms with Crippen molar-refractivity contribution in [3.63, 3.8) is 0 Å². The molecule has 3 heteroatoms. The number of furan rings is 1. The van der Waals surface area contributed by atoms with Crippen molar-refractivity contribution in [1.29, 1.82) is 0 Å². The van der Waals surface area contributed by atoms with Gasteiger partial charge in [0.2, 0.25) is 0 Å². The molecule has 88 valence electrons. The number of benzene rings is 1. The SMILES string of the molecule is CC1Cc2cc(C(N)c3ccoc3)ccc2O1. The standard InChI is InChI=1S/C14H15NO2/c1-9-6-12-7-10(2-3-13(12)17-9)14(15)11-4-5-16-8-11/h2-5,7-9,14H,6,15H2,1H3. The Morgan fingerprint density at radius 3 is 2.94 bits per heavy atom. The van der Waals surface area contributed by atoms with Crippen molar-refractivity contribution in [2.75, 3.05) is 0 Å². The van der Waals surface area contributed by atoms with Crippen molar-refractivity contribution in [2.45, 2.75) is 25.5 Å². The summed E-state index contributed by atoms with van der Waals surface area (Å²) in [7, 11) is 0. The summed E-state index contributed by atoms with van der Waals surface area (Å²) in [4.78, 5) is 0. The van der Waals surface area contributed by atoms with Crippen molar-refractivity contribution in [3.8, 4) is 5.75 Å². The van der Waals surface area contributed by atoms with Gasteiger partial charge in [-0.3, -0.25) is 0 Å². The van der Waals surface area contributed by atoms with E-state index in [1.54, 1.807) is 12.5 Å². The molecule has 0 fully saturated rings. The first-order valence-corrected chi connectivity index (χ1v) is 5.81. The van der Waals surface area contributed by atoms with Crippen molar-refractivity contribution < 1.29 is 9.15 Å². The highest BCUT2D eigenvalue weighted by Gasteiger charge is 2.20. The van der Waals surface area contributed by atoms with Crippen molar-refractivity contribution in [1.82, 2.24) is 0 Å². The lowest BCUT2D eigenvalue weighted by atomic mass is 9.99. The summed E-state index contributed by atoms with van der Waals surface area (Å²) in [5.41, 5.74) is 9.53. The topological polar surface area (TPSA) is 48.4 Å². The number of hydrogen-bond donors (Lipinski definition) is 1. The molecule has 0 radical (unpaired) electrons. The minimum Gasteiger partial charge on any atom is -0.490 e. The molecule has 0 aliphatic carbocycles. The maximum Gasteiger partial charge on any atom is 0.123 e. The van der Waals surface area contributed by atoms with Gasteiger partial charge in [-0.25, -0.2) is 0 Å². The van der Waals surface area contributed by atoms with Crippen LogP contribution in [0.15, 0.2) is 41.2 Å². The molecule has 2 N–H and O–H groups in total. The lowest BCUT2D eigenvalue weighted by Gasteiger charge is -2.11. The fourth-order valence-corrected chi connectivity index (χ4v) is 2.28. The van der Waals surface area contributed by atoms with Gasteiger partial charge in [-0.05, 0) is 30.2 Å². The van der Waals surface area contributed by atoms with Crippen LogP contribution in [0.3, 0.4) is 0 Å². The van der Waals surface area contributed by atoms with Crippen LogP contribution >= 0.6 is 0 Å². The molecule has 1 aromatic carbocycles. The Bertz CT molecular complexity index is 519. The maximum absolute atomic E-state index is 6.19. The predicted octanol–water partition coefficient (Wildman–Crippen LogP) is 2.65. The summed E-state index contributed by atoms with van der Waals surface area (Å²) < 4.78 is 10.7. The monoisotopic (exact) mass is 229 g/mol. The highest BCUT2D eigenvalue weighted by atomic mass is 16.5. The number of nitrogens with two attached hydrogens (primary N) is 1. The first kappa shape index (κ1) is 10.4. The third kappa shape index (κ3) is 1.83. The van der Waals surface area contributed by atoms with Gasteiger partial charge < -0.3 is 14.9 Å².